The number of amides is 2. The standard InChI is InChI=1S/C42H70N4O6Si/c1-30-31(2)39-34(32(3)38(30)52-53(9,10)41(4,5)6)22-25-42(7,51-39)24-20-18-16-14-12-11-13-15-17-19-21-36(47)44-26-23-37(48)46-35(40(49)50-8)27-33-28-43-29-45-33/h28-29,35H,11-27H2,1-10H3,(H,43,45)(H,44,47)(H,46,48). The summed E-state index contributed by atoms with van der Waals surface area (Å²) in [5.74, 6) is 1.31. The number of rotatable bonds is 22. The van der Waals surface area contributed by atoms with Crippen LogP contribution in [0.3, 0.4) is 0 Å². The van der Waals surface area contributed by atoms with Gasteiger partial charge < -0.3 is 29.5 Å². The van der Waals surface area contributed by atoms with E-state index < -0.39 is 20.3 Å². The molecule has 10 nitrogen and oxygen atoms in total. The third-order valence-corrected chi connectivity index (χ3v) is 15.9. The Morgan fingerprint density at radius 3 is 2.13 bits per heavy atom. The second kappa shape index (κ2) is 20.4. The Morgan fingerprint density at radius 1 is 0.925 bits per heavy atom. The highest BCUT2D eigenvalue weighted by Gasteiger charge is 2.41. The predicted octanol–water partition coefficient (Wildman–Crippen LogP) is 8.89. The second-order valence-electron chi connectivity index (χ2n) is 17.0. The number of carbonyl (C=O) groups excluding carboxylic acids is 3. The smallest absolute Gasteiger partial charge is 0.328 e. The molecule has 1 aromatic carbocycles. The number of imidazole rings is 1. The van der Waals surface area contributed by atoms with Gasteiger partial charge in [-0.25, -0.2) is 9.78 Å². The summed E-state index contributed by atoms with van der Waals surface area (Å²) in [4.78, 5) is 43.5. The van der Waals surface area contributed by atoms with Crippen LogP contribution in [0.25, 0.3) is 0 Å². The van der Waals surface area contributed by atoms with Crippen molar-refractivity contribution >= 4 is 26.1 Å². The maximum atomic E-state index is 12.3. The average molecular weight is 755 g/mol. The molecule has 2 aromatic rings. The lowest BCUT2D eigenvalue weighted by Crippen LogP contribution is -2.44. The van der Waals surface area contributed by atoms with Gasteiger partial charge in [0.1, 0.15) is 23.1 Å². The van der Waals surface area contributed by atoms with E-state index in [1.165, 1.54) is 80.6 Å². The van der Waals surface area contributed by atoms with Gasteiger partial charge in [0, 0.05) is 43.3 Å². The highest BCUT2D eigenvalue weighted by atomic mass is 28.4. The Bertz CT molecular complexity index is 1490. The molecule has 2 amide bonds. The van der Waals surface area contributed by atoms with Gasteiger partial charge >= 0.3 is 5.97 Å². The molecule has 0 spiro atoms. The second-order valence-corrected chi connectivity index (χ2v) is 21.7. The van der Waals surface area contributed by atoms with Crippen molar-refractivity contribution in [3.05, 3.63) is 40.5 Å². The zero-order valence-corrected chi connectivity index (χ0v) is 35.6. The number of esters is 1. The molecule has 0 saturated carbocycles. The number of unbranched alkanes of at least 4 members (excludes halogenated alkanes) is 9. The summed E-state index contributed by atoms with van der Waals surface area (Å²) in [7, 11) is -0.659. The minimum Gasteiger partial charge on any atom is -0.543 e. The molecular formula is C42H70N4O6Si. The molecule has 1 aliphatic heterocycles. The zero-order chi connectivity index (χ0) is 39.2. The van der Waals surface area contributed by atoms with E-state index in [4.69, 9.17) is 13.9 Å². The molecule has 0 fully saturated rings. The van der Waals surface area contributed by atoms with Gasteiger partial charge in [0.15, 0.2) is 0 Å². The number of fused-ring (bicyclic) bond motifs is 1. The van der Waals surface area contributed by atoms with Crippen LogP contribution in [0.1, 0.15) is 146 Å². The number of aromatic amines is 1. The SMILES string of the molecule is COC(=O)C(Cc1cnc[nH]1)NC(=O)CCNC(=O)CCCCCCCCCCCCC1(C)CCc2c(C)c(O[Si](C)(C)C(C)(C)C)c(C)c(C)c2O1. The van der Waals surface area contributed by atoms with Gasteiger partial charge in [0.05, 0.1) is 13.4 Å². The Kier molecular flexibility index (Phi) is 16.9. The maximum Gasteiger partial charge on any atom is 0.328 e. The Morgan fingerprint density at radius 2 is 1.55 bits per heavy atom. The largest absolute Gasteiger partial charge is 0.543 e. The number of H-pyrrole nitrogens is 1. The summed E-state index contributed by atoms with van der Waals surface area (Å²) >= 11 is 0. The molecule has 0 radical (unpaired) electrons. The first-order valence-electron chi connectivity index (χ1n) is 20.1. The van der Waals surface area contributed by atoms with Crippen molar-refractivity contribution < 1.29 is 28.3 Å². The normalized spacial score (nSPS) is 16.3. The van der Waals surface area contributed by atoms with E-state index >= 15 is 0 Å². The fraction of sp³-hybridized carbons (Fsp3) is 0.714. The first kappa shape index (κ1) is 44.1. The highest BCUT2D eigenvalue weighted by molar-refractivity contribution is 6.74. The summed E-state index contributed by atoms with van der Waals surface area (Å²) in [6.07, 6.45) is 18.8. The van der Waals surface area contributed by atoms with Crippen LogP contribution in [0.5, 0.6) is 11.5 Å². The van der Waals surface area contributed by atoms with Crippen LogP contribution >= 0.6 is 0 Å². The number of nitrogens with zero attached hydrogens (tertiary/aromatic N) is 1. The number of ether oxygens (including phenoxy) is 2. The molecule has 2 heterocycles. The minimum absolute atomic E-state index is 0.0438. The summed E-state index contributed by atoms with van der Waals surface area (Å²) in [5, 5.41) is 5.65. The third-order valence-electron chi connectivity index (χ3n) is 11.6. The lowest BCUT2D eigenvalue weighted by molar-refractivity contribution is -0.145. The monoisotopic (exact) mass is 755 g/mol. The zero-order valence-electron chi connectivity index (χ0n) is 34.6. The number of benzene rings is 1. The molecule has 0 saturated heterocycles. The summed E-state index contributed by atoms with van der Waals surface area (Å²) in [6.45, 7) is 20.7. The highest BCUT2D eigenvalue weighted by Crippen LogP contribution is 2.47. The van der Waals surface area contributed by atoms with Gasteiger partial charge in [-0.05, 0) is 94.6 Å². The quantitative estimate of drug-likeness (QED) is 0.0622. The summed E-state index contributed by atoms with van der Waals surface area (Å²) < 4.78 is 18.5. The van der Waals surface area contributed by atoms with Gasteiger partial charge in [-0.2, -0.15) is 0 Å². The number of carbonyl (C=O) groups is 3. The van der Waals surface area contributed by atoms with Crippen LogP contribution in [-0.2, 0) is 32.0 Å². The van der Waals surface area contributed by atoms with Gasteiger partial charge in [0.25, 0.3) is 8.32 Å². The molecule has 3 N–H and O–H groups in total. The number of nitrogens with one attached hydrogen (secondary N) is 3. The summed E-state index contributed by atoms with van der Waals surface area (Å²) in [6, 6.07) is -0.810. The van der Waals surface area contributed by atoms with Crippen molar-refractivity contribution in [3.63, 3.8) is 0 Å². The third kappa shape index (κ3) is 13.5. The maximum absolute atomic E-state index is 12.3. The summed E-state index contributed by atoms with van der Waals surface area (Å²) in [5.41, 5.74) is 5.68. The predicted molar refractivity (Wildman–Crippen MR) is 215 cm³/mol. The number of hydrogen-bond donors (Lipinski definition) is 3. The van der Waals surface area contributed by atoms with Crippen LogP contribution in [-0.4, -0.2) is 61.4 Å². The molecule has 3 rings (SSSR count). The van der Waals surface area contributed by atoms with Crippen molar-refractivity contribution in [1.82, 2.24) is 20.6 Å². The van der Waals surface area contributed by atoms with Crippen molar-refractivity contribution in [2.75, 3.05) is 13.7 Å². The van der Waals surface area contributed by atoms with Crippen LogP contribution in [0.15, 0.2) is 12.5 Å². The van der Waals surface area contributed by atoms with E-state index in [1.807, 2.05) is 0 Å². The number of methoxy groups -OCH3 is 1. The van der Waals surface area contributed by atoms with Crippen LogP contribution in [0.2, 0.25) is 18.1 Å². The van der Waals surface area contributed by atoms with E-state index in [2.05, 4.69) is 82.2 Å². The van der Waals surface area contributed by atoms with Crippen molar-refractivity contribution in [3.8, 4) is 11.5 Å². The molecule has 1 aliphatic rings. The molecule has 0 bridgehead atoms. The van der Waals surface area contributed by atoms with Gasteiger partial charge in [-0.1, -0.05) is 72.1 Å². The van der Waals surface area contributed by atoms with E-state index in [-0.39, 0.29) is 41.8 Å². The van der Waals surface area contributed by atoms with Gasteiger partial charge in [-0.3, -0.25) is 9.59 Å². The fourth-order valence-corrected chi connectivity index (χ4v) is 7.96. The Hall–Kier alpha value is -3.34. The average Bonchev–Trinajstić information content (AvgIpc) is 3.61. The molecule has 298 valence electrons. The first-order valence-corrected chi connectivity index (χ1v) is 23.0. The fourth-order valence-electron chi connectivity index (χ4n) is 6.84. The molecule has 53 heavy (non-hydrogen) atoms. The molecular weight excluding hydrogens is 685 g/mol. The lowest BCUT2D eigenvalue weighted by Gasteiger charge is -2.41. The molecule has 11 heteroatoms. The topological polar surface area (TPSA) is 132 Å². The van der Waals surface area contributed by atoms with Crippen molar-refractivity contribution in [2.45, 2.75) is 181 Å². The number of hydrogen-bond acceptors (Lipinski definition) is 7. The van der Waals surface area contributed by atoms with E-state index in [0.717, 1.165) is 55.7 Å². The Balaban J connectivity index is 1.23. The number of aromatic nitrogens is 2. The molecule has 1 aromatic heterocycles. The lowest BCUT2D eigenvalue weighted by atomic mass is 9.84. The Labute approximate surface area is 320 Å². The van der Waals surface area contributed by atoms with E-state index in [0.29, 0.717) is 6.42 Å². The molecule has 2 atom stereocenters. The minimum atomic E-state index is -1.94. The van der Waals surface area contributed by atoms with E-state index in [1.54, 1.807) is 6.20 Å². The van der Waals surface area contributed by atoms with Crippen molar-refractivity contribution in [1.29, 1.82) is 0 Å². The molecule has 2 unspecified atom stereocenters. The van der Waals surface area contributed by atoms with Gasteiger partial charge in [0.2, 0.25) is 11.8 Å². The van der Waals surface area contributed by atoms with Crippen LogP contribution in [0.4, 0.5) is 0 Å². The van der Waals surface area contributed by atoms with Crippen LogP contribution in [0, 0.1) is 20.8 Å². The van der Waals surface area contributed by atoms with E-state index in [9.17, 15) is 14.4 Å². The first-order chi connectivity index (χ1) is 25.0. The molecule has 0 aliphatic carbocycles. The van der Waals surface area contributed by atoms with Crippen molar-refractivity contribution in [2.24, 2.45) is 0 Å². The van der Waals surface area contributed by atoms with Gasteiger partial charge in [-0.15, -0.1) is 0 Å². The van der Waals surface area contributed by atoms with Crippen LogP contribution < -0.4 is 19.8 Å².